The average Bonchev–Trinajstić information content (AvgIpc) is 2.30. The zero-order valence-electron chi connectivity index (χ0n) is 9.13. The van der Waals surface area contributed by atoms with E-state index in [0.717, 1.165) is 24.7 Å². The van der Waals surface area contributed by atoms with Gasteiger partial charge in [0.15, 0.2) is 0 Å². The highest BCUT2D eigenvalue weighted by Gasteiger charge is 2.25. The van der Waals surface area contributed by atoms with Gasteiger partial charge in [-0.2, -0.15) is 0 Å². The second-order valence-corrected chi connectivity index (χ2v) is 4.28. The lowest BCUT2D eigenvalue weighted by Crippen LogP contribution is -2.46. The molecule has 0 bridgehead atoms. The standard InChI is InChI=1S/C11H18N4/c1-9-2-5-15(10(6-9)7-12)11-8-13-3-4-14-11/h3-4,8-10H,2,5-7,12H2,1H3. The van der Waals surface area contributed by atoms with Crippen LogP contribution in [0.3, 0.4) is 0 Å². The van der Waals surface area contributed by atoms with Crippen molar-refractivity contribution in [1.29, 1.82) is 0 Å². The second-order valence-electron chi connectivity index (χ2n) is 4.28. The molecule has 2 N–H and O–H groups in total. The van der Waals surface area contributed by atoms with Crippen molar-refractivity contribution in [2.24, 2.45) is 11.7 Å². The first-order valence-corrected chi connectivity index (χ1v) is 5.54. The van der Waals surface area contributed by atoms with Gasteiger partial charge in [-0.3, -0.25) is 4.98 Å². The molecule has 1 aliphatic heterocycles. The zero-order valence-corrected chi connectivity index (χ0v) is 9.13. The zero-order chi connectivity index (χ0) is 10.7. The van der Waals surface area contributed by atoms with Crippen molar-refractivity contribution in [2.45, 2.75) is 25.8 Å². The molecule has 2 unspecified atom stereocenters. The molecule has 82 valence electrons. The summed E-state index contributed by atoms with van der Waals surface area (Å²) in [4.78, 5) is 10.7. The van der Waals surface area contributed by atoms with E-state index in [9.17, 15) is 0 Å². The number of aromatic nitrogens is 2. The molecular weight excluding hydrogens is 188 g/mol. The van der Waals surface area contributed by atoms with Crippen molar-refractivity contribution in [3.63, 3.8) is 0 Å². The highest BCUT2D eigenvalue weighted by molar-refractivity contribution is 5.37. The van der Waals surface area contributed by atoms with Crippen molar-refractivity contribution in [3.05, 3.63) is 18.6 Å². The molecule has 4 nitrogen and oxygen atoms in total. The molecule has 0 spiro atoms. The van der Waals surface area contributed by atoms with Crippen molar-refractivity contribution in [1.82, 2.24) is 9.97 Å². The highest BCUT2D eigenvalue weighted by atomic mass is 15.2. The van der Waals surface area contributed by atoms with Gasteiger partial charge in [0.1, 0.15) is 5.82 Å². The Labute approximate surface area is 90.5 Å². The van der Waals surface area contributed by atoms with Gasteiger partial charge in [-0.25, -0.2) is 4.98 Å². The molecule has 1 aromatic rings. The lowest BCUT2D eigenvalue weighted by Gasteiger charge is -2.38. The summed E-state index contributed by atoms with van der Waals surface area (Å²) in [5.74, 6) is 1.73. The van der Waals surface area contributed by atoms with E-state index < -0.39 is 0 Å². The first-order valence-electron chi connectivity index (χ1n) is 5.54. The molecule has 2 atom stereocenters. The molecule has 4 heteroatoms. The van der Waals surface area contributed by atoms with Crippen LogP contribution in [-0.4, -0.2) is 29.1 Å². The molecule has 0 aliphatic carbocycles. The molecule has 0 aromatic carbocycles. The van der Waals surface area contributed by atoms with E-state index >= 15 is 0 Å². The van der Waals surface area contributed by atoms with E-state index in [1.54, 1.807) is 12.4 Å². The number of hydrogen-bond acceptors (Lipinski definition) is 4. The minimum atomic E-state index is 0.422. The highest BCUT2D eigenvalue weighted by Crippen LogP contribution is 2.25. The van der Waals surface area contributed by atoms with E-state index in [1.165, 1.54) is 6.42 Å². The van der Waals surface area contributed by atoms with E-state index in [2.05, 4.69) is 21.8 Å². The largest absolute Gasteiger partial charge is 0.351 e. The quantitative estimate of drug-likeness (QED) is 0.785. The van der Waals surface area contributed by atoms with Crippen LogP contribution in [0.1, 0.15) is 19.8 Å². The molecule has 2 heterocycles. The number of rotatable bonds is 2. The van der Waals surface area contributed by atoms with Crippen LogP contribution < -0.4 is 10.6 Å². The van der Waals surface area contributed by atoms with Gasteiger partial charge < -0.3 is 10.6 Å². The van der Waals surface area contributed by atoms with Crippen molar-refractivity contribution < 1.29 is 0 Å². The number of nitrogens with zero attached hydrogens (tertiary/aromatic N) is 3. The molecule has 1 aromatic heterocycles. The Morgan fingerprint density at radius 3 is 3.07 bits per heavy atom. The first kappa shape index (κ1) is 10.4. The maximum absolute atomic E-state index is 5.80. The van der Waals surface area contributed by atoms with Crippen LogP contribution in [0.15, 0.2) is 18.6 Å². The van der Waals surface area contributed by atoms with Gasteiger partial charge in [0.2, 0.25) is 0 Å². The summed E-state index contributed by atoms with van der Waals surface area (Å²) in [6.45, 7) is 4.03. The van der Waals surface area contributed by atoms with E-state index in [0.29, 0.717) is 12.6 Å². The average molecular weight is 206 g/mol. The smallest absolute Gasteiger partial charge is 0.147 e. The molecule has 0 radical (unpaired) electrons. The number of anilines is 1. The lowest BCUT2D eigenvalue weighted by molar-refractivity contribution is 0.364. The van der Waals surface area contributed by atoms with Crippen LogP contribution in [0, 0.1) is 5.92 Å². The van der Waals surface area contributed by atoms with Crippen LogP contribution >= 0.6 is 0 Å². The molecular formula is C11H18N4. The molecule has 15 heavy (non-hydrogen) atoms. The normalized spacial score (nSPS) is 26.7. The summed E-state index contributed by atoms with van der Waals surface area (Å²) in [5.41, 5.74) is 5.80. The molecule has 1 saturated heterocycles. The Bertz CT molecular complexity index is 301. The van der Waals surface area contributed by atoms with Gasteiger partial charge >= 0.3 is 0 Å². The molecule has 1 fully saturated rings. The predicted octanol–water partition coefficient (Wildman–Crippen LogP) is 1.04. The van der Waals surface area contributed by atoms with Crippen LogP contribution in [-0.2, 0) is 0 Å². The second kappa shape index (κ2) is 4.57. The van der Waals surface area contributed by atoms with Crippen molar-refractivity contribution in [3.8, 4) is 0 Å². The van der Waals surface area contributed by atoms with E-state index in [1.807, 2.05) is 6.20 Å². The lowest BCUT2D eigenvalue weighted by atomic mass is 9.92. The SMILES string of the molecule is CC1CCN(c2cnccn2)C(CN)C1. The van der Waals surface area contributed by atoms with Crippen LogP contribution in [0.4, 0.5) is 5.82 Å². The van der Waals surface area contributed by atoms with Crippen LogP contribution in [0.5, 0.6) is 0 Å². The summed E-state index contributed by atoms with van der Waals surface area (Å²) in [6, 6.07) is 0.422. The molecule has 0 amide bonds. The van der Waals surface area contributed by atoms with Crippen LogP contribution in [0.25, 0.3) is 0 Å². The molecule has 2 rings (SSSR count). The molecule has 0 saturated carbocycles. The number of nitrogens with two attached hydrogens (primary N) is 1. The molecule has 1 aliphatic rings. The minimum Gasteiger partial charge on any atom is -0.351 e. The topological polar surface area (TPSA) is 55.0 Å². The Balaban J connectivity index is 2.14. The van der Waals surface area contributed by atoms with Gasteiger partial charge in [0, 0.05) is 31.5 Å². The summed E-state index contributed by atoms with van der Waals surface area (Å²) < 4.78 is 0. The Morgan fingerprint density at radius 1 is 1.53 bits per heavy atom. The van der Waals surface area contributed by atoms with Crippen LogP contribution in [0.2, 0.25) is 0 Å². The van der Waals surface area contributed by atoms with Gasteiger partial charge in [-0.15, -0.1) is 0 Å². The maximum atomic E-state index is 5.80. The third-order valence-corrected chi connectivity index (χ3v) is 3.09. The summed E-state index contributed by atoms with van der Waals surface area (Å²) >= 11 is 0. The number of piperidine rings is 1. The summed E-state index contributed by atoms with van der Waals surface area (Å²) in [6.07, 6.45) is 7.63. The van der Waals surface area contributed by atoms with E-state index in [4.69, 9.17) is 5.73 Å². The fourth-order valence-electron chi connectivity index (χ4n) is 2.22. The number of hydrogen-bond donors (Lipinski definition) is 1. The van der Waals surface area contributed by atoms with Gasteiger partial charge in [-0.05, 0) is 18.8 Å². The van der Waals surface area contributed by atoms with E-state index in [-0.39, 0.29) is 0 Å². The van der Waals surface area contributed by atoms with Gasteiger partial charge in [-0.1, -0.05) is 6.92 Å². The fourth-order valence-corrected chi connectivity index (χ4v) is 2.22. The minimum absolute atomic E-state index is 0.422. The Morgan fingerprint density at radius 2 is 2.40 bits per heavy atom. The Hall–Kier alpha value is -1.16. The van der Waals surface area contributed by atoms with Crippen molar-refractivity contribution in [2.75, 3.05) is 18.0 Å². The Kier molecular flexibility index (Phi) is 3.16. The summed E-state index contributed by atoms with van der Waals surface area (Å²) in [5, 5.41) is 0. The maximum Gasteiger partial charge on any atom is 0.147 e. The fraction of sp³-hybridized carbons (Fsp3) is 0.636. The van der Waals surface area contributed by atoms with Gasteiger partial charge in [0.25, 0.3) is 0 Å². The van der Waals surface area contributed by atoms with Gasteiger partial charge in [0.05, 0.1) is 6.20 Å². The van der Waals surface area contributed by atoms with Crippen molar-refractivity contribution >= 4 is 5.82 Å². The predicted molar refractivity (Wildman–Crippen MR) is 60.6 cm³/mol. The third kappa shape index (κ3) is 2.26. The monoisotopic (exact) mass is 206 g/mol. The summed E-state index contributed by atoms with van der Waals surface area (Å²) in [7, 11) is 0. The first-order chi connectivity index (χ1) is 7.31. The third-order valence-electron chi connectivity index (χ3n) is 3.09.